The van der Waals surface area contributed by atoms with E-state index < -0.39 is 0 Å². The number of nitrogens with two attached hydrogens (primary N) is 1. The highest BCUT2D eigenvalue weighted by molar-refractivity contribution is 5.50. The van der Waals surface area contributed by atoms with Crippen molar-refractivity contribution in [2.75, 3.05) is 18.5 Å². The van der Waals surface area contributed by atoms with Gasteiger partial charge in [0.2, 0.25) is 0 Å². The Morgan fingerprint density at radius 1 is 1.50 bits per heavy atom. The normalized spacial score (nSPS) is 12.9. The van der Waals surface area contributed by atoms with Crippen molar-refractivity contribution >= 4 is 11.5 Å². The van der Waals surface area contributed by atoms with Gasteiger partial charge in [0.05, 0.1) is 0 Å². The van der Waals surface area contributed by atoms with Crippen molar-refractivity contribution in [2.45, 2.75) is 19.4 Å². The summed E-state index contributed by atoms with van der Waals surface area (Å²) in [5.74, 6) is 1.15. The van der Waals surface area contributed by atoms with Crippen LogP contribution >= 0.6 is 0 Å². The van der Waals surface area contributed by atoms with Gasteiger partial charge in [-0.3, -0.25) is 4.40 Å². The molecule has 86 valence electrons. The van der Waals surface area contributed by atoms with Crippen LogP contribution < -0.4 is 10.6 Å². The number of fused-ring (bicyclic) bond motifs is 1. The third-order valence-corrected chi connectivity index (χ3v) is 2.72. The molecule has 1 unspecified atom stereocenters. The summed E-state index contributed by atoms with van der Waals surface area (Å²) in [6, 6.07) is 6.36. The molecular formula is C12H18N4. The standard InChI is InChI=1S/C12H18N4/c1-10(13)6-8-15(2)12-5-3-4-11-14-7-9-16(11)12/h3-5,7,9-10H,6,8,13H2,1-2H3. The number of anilines is 1. The lowest BCUT2D eigenvalue weighted by molar-refractivity contribution is 0.655. The molecule has 0 bridgehead atoms. The van der Waals surface area contributed by atoms with Crippen LogP contribution in [0.25, 0.3) is 5.65 Å². The van der Waals surface area contributed by atoms with E-state index in [0.717, 1.165) is 24.4 Å². The van der Waals surface area contributed by atoms with E-state index in [1.807, 2.05) is 31.5 Å². The topological polar surface area (TPSA) is 46.6 Å². The van der Waals surface area contributed by atoms with Crippen LogP contribution in [0.1, 0.15) is 13.3 Å². The van der Waals surface area contributed by atoms with Crippen LogP contribution in [0.5, 0.6) is 0 Å². The van der Waals surface area contributed by atoms with Gasteiger partial charge in [0.15, 0.2) is 0 Å². The lowest BCUT2D eigenvalue weighted by Crippen LogP contribution is -2.26. The molecule has 2 N–H and O–H groups in total. The predicted molar refractivity (Wildman–Crippen MR) is 66.7 cm³/mol. The summed E-state index contributed by atoms with van der Waals surface area (Å²) in [6.07, 6.45) is 4.78. The highest BCUT2D eigenvalue weighted by Gasteiger charge is 2.06. The summed E-state index contributed by atoms with van der Waals surface area (Å²) in [4.78, 5) is 6.47. The minimum Gasteiger partial charge on any atom is -0.361 e. The smallest absolute Gasteiger partial charge is 0.138 e. The Morgan fingerprint density at radius 3 is 3.06 bits per heavy atom. The van der Waals surface area contributed by atoms with Crippen molar-refractivity contribution in [2.24, 2.45) is 5.73 Å². The van der Waals surface area contributed by atoms with E-state index in [0.29, 0.717) is 0 Å². The first-order valence-electron chi connectivity index (χ1n) is 5.57. The molecule has 2 aromatic heterocycles. The van der Waals surface area contributed by atoms with Crippen LogP contribution in [0.3, 0.4) is 0 Å². The molecule has 1 atom stereocenters. The summed E-state index contributed by atoms with van der Waals surface area (Å²) in [6.45, 7) is 2.99. The highest BCUT2D eigenvalue weighted by Crippen LogP contribution is 2.15. The van der Waals surface area contributed by atoms with E-state index >= 15 is 0 Å². The fourth-order valence-corrected chi connectivity index (χ4v) is 1.76. The molecule has 0 fully saturated rings. The van der Waals surface area contributed by atoms with Crippen molar-refractivity contribution in [3.05, 3.63) is 30.6 Å². The second kappa shape index (κ2) is 4.53. The third-order valence-electron chi connectivity index (χ3n) is 2.72. The summed E-state index contributed by atoms with van der Waals surface area (Å²) in [5.41, 5.74) is 6.74. The molecule has 16 heavy (non-hydrogen) atoms. The first kappa shape index (κ1) is 11.0. The molecule has 4 heteroatoms. The molecule has 0 aliphatic rings. The Hall–Kier alpha value is -1.55. The number of nitrogens with zero attached hydrogens (tertiary/aromatic N) is 3. The number of hydrogen-bond donors (Lipinski definition) is 1. The van der Waals surface area contributed by atoms with E-state index in [-0.39, 0.29) is 6.04 Å². The number of hydrogen-bond acceptors (Lipinski definition) is 3. The molecule has 0 aromatic carbocycles. The van der Waals surface area contributed by atoms with Gasteiger partial charge in [-0.15, -0.1) is 0 Å². The van der Waals surface area contributed by atoms with Gasteiger partial charge >= 0.3 is 0 Å². The van der Waals surface area contributed by atoms with Crippen molar-refractivity contribution in [1.29, 1.82) is 0 Å². The molecule has 0 aliphatic carbocycles. The Morgan fingerprint density at radius 2 is 2.31 bits per heavy atom. The van der Waals surface area contributed by atoms with E-state index in [1.165, 1.54) is 0 Å². The zero-order valence-electron chi connectivity index (χ0n) is 9.80. The number of imidazole rings is 1. The number of aromatic nitrogens is 2. The number of rotatable bonds is 4. The fourth-order valence-electron chi connectivity index (χ4n) is 1.76. The zero-order valence-corrected chi connectivity index (χ0v) is 9.80. The van der Waals surface area contributed by atoms with Gasteiger partial charge in [0.25, 0.3) is 0 Å². The second-order valence-corrected chi connectivity index (χ2v) is 4.23. The van der Waals surface area contributed by atoms with E-state index in [9.17, 15) is 0 Å². The quantitative estimate of drug-likeness (QED) is 0.846. The van der Waals surface area contributed by atoms with Gasteiger partial charge in [0.1, 0.15) is 11.5 Å². The molecule has 0 spiro atoms. The Kier molecular flexibility index (Phi) is 3.10. The molecule has 0 saturated carbocycles. The van der Waals surface area contributed by atoms with E-state index in [4.69, 9.17) is 5.73 Å². The SMILES string of the molecule is CC(N)CCN(C)c1cccc2nccn12. The monoisotopic (exact) mass is 218 g/mol. The maximum atomic E-state index is 5.77. The van der Waals surface area contributed by atoms with Gasteiger partial charge in [0, 0.05) is 32.0 Å². The Bertz CT molecular complexity index is 461. The van der Waals surface area contributed by atoms with Crippen molar-refractivity contribution in [1.82, 2.24) is 9.38 Å². The van der Waals surface area contributed by atoms with Crippen LogP contribution in [0, 0.1) is 0 Å². The summed E-state index contributed by atoms with van der Waals surface area (Å²) in [5, 5.41) is 0. The van der Waals surface area contributed by atoms with Gasteiger partial charge in [-0.2, -0.15) is 0 Å². The van der Waals surface area contributed by atoms with E-state index in [2.05, 4.69) is 27.4 Å². The average Bonchev–Trinajstić information content (AvgIpc) is 2.73. The molecule has 2 heterocycles. The van der Waals surface area contributed by atoms with Gasteiger partial charge < -0.3 is 10.6 Å². The number of pyridine rings is 1. The first-order valence-corrected chi connectivity index (χ1v) is 5.57. The first-order chi connectivity index (χ1) is 7.68. The van der Waals surface area contributed by atoms with Crippen LogP contribution in [-0.4, -0.2) is 29.0 Å². The molecule has 2 rings (SSSR count). The zero-order chi connectivity index (χ0) is 11.5. The van der Waals surface area contributed by atoms with Crippen molar-refractivity contribution in [3.8, 4) is 0 Å². The molecule has 0 amide bonds. The van der Waals surface area contributed by atoms with Crippen LogP contribution in [0.15, 0.2) is 30.6 Å². The maximum absolute atomic E-state index is 5.77. The average molecular weight is 218 g/mol. The maximum Gasteiger partial charge on any atom is 0.138 e. The van der Waals surface area contributed by atoms with E-state index in [1.54, 1.807) is 0 Å². The lowest BCUT2D eigenvalue weighted by atomic mass is 10.2. The van der Waals surface area contributed by atoms with Gasteiger partial charge in [-0.25, -0.2) is 4.98 Å². The van der Waals surface area contributed by atoms with Crippen LogP contribution in [0.2, 0.25) is 0 Å². The van der Waals surface area contributed by atoms with Crippen LogP contribution in [0.4, 0.5) is 5.82 Å². The molecule has 4 nitrogen and oxygen atoms in total. The van der Waals surface area contributed by atoms with Crippen molar-refractivity contribution in [3.63, 3.8) is 0 Å². The summed E-state index contributed by atoms with van der Waals surface area (Å²) in [7, 11) is 2.08. The fraction of sp³-hybridized carbons (Fsp3) is 0.417. The molecular weight excluding hydrogens is 200 g/mol. The van der Waals surface area contributed by atoms with Gasteiger partial charge in [-0.05, 0) is 25.5 Å². The minimum atomic E-state index is 0.240. The molecule has 0 aliphatic heterocycles. The minimum absolute atomic E-state index is 0.240. The molecule has 2 aromatic rings. The van der Waals surface area contributed by atoms with Gasteiger partial charge in [-0.1, -0.05) is 6.07 Å². The Balaban J connectivity index is 2.22. The van der Waals surface area contributed by atoms with Crippen molar-refractivity contribution < 1.29 is 0 Å². The summed E-state index contributed by atoms with van der Waals surface area (Å²) < 4.78 is 2.08. The molecule has 0 radical (unpaired) electrons. The van der Waals surface area contributed by atoms with Crippen LogP contribution in [-0.2, 0) is 0 Å². The molecule has 0 saturated heterocycles. The Labute approximate surface area is 95.7 Å². The predicted octanol–water partition coefficient (Wildman–Crippen LogP) is 1.51. The summed E-state index contributed by atoms with van der Waals surface area (Å²) >= 11 is 0. The third kappa shape index (κ3) is 2.17. The largest absolute Gasteiger partial charge is 0.361 e. The second-order valence-electron chi connectivity index (χ2n) is 4.23. The highest BCUT2D eigenvalue weighted by atomic mass is 15.2. The lowest BCUT2D eigenvalue weighted by Gasteiger charge is -2.21.